The Morgan fingerprint density at radius 2 is 0.731 bits per heavy atom. The van der Waals surface area contributed by atoms with Crippen LogP contribution >= 0.6 is 63.7 Å². The number of fused-ring (bicyclic) bond motifs is 10. The van der Waals surface area contributed by atoms with Gasteiger partial charge in [-0.05, 0) is 157 Å². The second-order valence-electron chi connectivity index (χ2n) is 15.0. The second kappa shape index (κ2) is 11.9. The van der Waals surface area contributed by atoms with Crippen LogP contribution in [0.2, 0.25) is 0 Å². The van der Waals surface area contributed by atoms with E-state index in [1.807, 2.05) is 18.2 Å². The molecule has 7 aromatic rings. The molecule has 3 aliphatic rings. The van der Waals surface area contributed by atoms with Gasteiger partial charge in [0.05, 0.1) is 0 Å². The van der Waals surface area contributed by atoms with E-state index in [1.165, 1.54) is 49.4 Å². The molecule has 3 aliphatic carbocycles. The average Bonchev–Trinajstić information content (AvgIpc) is 3.46. The zero-order chi connectivity index (χ0) is 36.4. The van der Waals surface area contributed by atoms with Gasteiger partial charge in [-0.15, -0.1) is 0 Å². The third-order valence-corrected chi connectivity index (χ3v) is 13.2. The summed E-state index contributed by atoms with van der Waals surface area (Å²) in [7, 11) is 0. The van der Waals surface area contributed by atoms with Crippen LogP contribution in [0.25, 0.3) is 43.8 Å². The molecule has 6 heteroatoms. The summed E-state index contributed by atoms with van der Waals surface area (Å²) in [4.78, 5) is 26.3. The summed E-state index contributed by atoms with van der Waals surface area (Å²) in [6, 6.07) is 37.9. The molecule has 0 atom stereocenters. The number of ketones is 2. The molecular weight excluding hydrogens is 904 g/mol. The van der Waals surface area contributed by atoms with Gasteiger partial charge in [-0.2, -0.15) is 0 Å². The van der Waals surface area contributed by atoms with Crippen molar-refractivity contribution < 1.29 is 9.59 Å². The Balaban J connectivity index is 0.000000139. The first-order valence-electron chi connectivity index (χ1n) is 17.1. The summed E-state index contributed by atoms with van der Waals surface area (Å²) < 4.78 is 4.09. The molecule has 0 saturated heterocycles. The van der Waals surface area contributed by atoms with Crippen LogP contribution in [0.4, 0.5) is 0 Å². The zero-order valence-electron chi connectivity index (χ0n) is 28.7. The fourth-order valence-corrected chi connectivity index (χ4v) is 9.96. The van der Waals surface area contributed by atoms with E-state index in [4.69, 9.17) is 0 Å². The van der Waals surface area contributed by atoms with Gasteiger partial charge >= 0.3 is 0 Å². The number of halogens is 4. The van der Waals surface area contributed by atoms with Gasteiger partial charge in [0.15, 0.2) is 11.6 Å². The van der Waals surface area contributed by atoms with Gasteiger partial charge in [0.1, 0.15) is 0 Å². The molecule has 52 heavy (non-hydrogen) atoms. The predicted octanol–water partition coefficient (Wildman–Crippen LogP) is 14.1. The summed E-state index contributed by atoms with van der Waals surface area (Å²) >= 11 is 14.2. The fourth-order valence-electron chi connectivity index (χ4n) is 8.50. The Morgan fingerprint density at radius 3 is 1.38 bits per heavy atom. The highest BCUT2D eigenvalue weighted by molar-refractivity contribution is 9.11. The monoisotopic (exact) mass is 930 g/mol. The second-order valence-corrected chi connectivity index (χ2v) is 18.7. The third-order valence-electron chi connectivity index (χ3n) is 11.2. The predicted molar refractivity (Wildman–Crippen MR) is 227 cm³/mol. The molecule has 0 aliphatic heterocycles. The highest BCUT2D eigenvalue weighted by Crippen LogP contribution is 2.52. The van der Waals surface area contributed by atoms with E-state index in [-0.39, 0.29) is 22.4 Å². The molecule has 0 amide bonds. The first-order valence-corrected chi connectivity index (χ1v) is 20.3. The summed E-state index contributed by atoms with van der Waals surface area (Å²) in [6.45, 7) is 8.98. The normalized spacial score (nSPS) is 15.3. The van der Waals surface area contributed by atoms with Crippen molar-refractivity contribution in [2.24, 2.45) is 0 Å². The molecule has 0 radical (unpaired) electrons. The van der Waals surface area contributed by atoms with E-state index in [9.17, 15) is 9.59 Å². The molecule has 0 aromatic heterocycles. The Kier molecular flexibility index (Phi) is 7.81. The van der Waals surface area contributed by atoms with Crippen LogP contribution in [0.5, 0.6) is 0 Å². The SMILES string of the molecule is CC1(C)c2cc(Br)ccc2-c2cc3c(cc21)C(=O)c1ccc(Br)cc1C3=O.CC1(C)c2cc(Br)ccc2-c2cc3cc4cc(Br)ccc4cc3cc21. The lowest BCUT2D eigenvalue weighted by atomic mass is 9.78. The highest BCUT2D eigenvalue weighted by Gasteiger charge is 2.40. The molecule has 0 heterocycles. The van der Waals surface area contributed by atoms with Crippen LogP contribution in [0.1, 0.15) is 81.8 Å². The topological polar surface area (TPSA) is 34.1 Å². The molecule has 0 unspecified atom stereocenters. The maximum absolute atomic E-state index is 13.2. The molecule has 7 aromatic carbocycles. The lowest BCUT2D eigenvalue weighted by molar-refractivity contribution is 0.0979. The quantitative estimate of drug-likeness (QED) is 0.142. The van der Waals surface area contributed by atoms with Crippen molar-refractivity contribution in [1.29, 1.82) is 0 Å². The van der Waals surface area contributed by atoms with E-state index in [1.54, 1.807) is 18.2 Å². The number of hydrogen-bond donors (Lipinski definition) is 0. The number of benzene rings is 7. The van der Waals surface area contributed by atoms with Gasteiger partial charge in [0.2, 0.25) is 0 Å². The van der Waals surface area contributed by atoms with E-state index in [0.29, 0.717) is 22.3 Å². The van der Waals surface area contributed by atoms with Crippen LogP contribution in [-0.4, -0.2) is 11.6 Å². The molecule has 10 rings (SSSR count). The largest absolute Gasteiger partial charge is 0.289 e. The Bertz CT molecular complexity index is 2770. The molecule has 0 fully saturated rings. The first kappa shape index (κ1) is 34.1. The lowest BCUT2D eigenvalue weighted by Crippen LogP contribution is -2.23. The third kappa shape index (κ3) is 5.12. The minimum Gasteiger partial charge on any atom is -0.289 e. The average molecular weight is 934 g/mol. The highest BCUT2D eigenvalue weighted by atomic mass is 79.9. The van der Waals surface area contributed by atoms with Crippen LogP contribution in [0, 0.1) is 0 Å². The molecule has 0 N–H and O–H groups in total. The van der Waals surface area contributed by atoms with Crippen molar-refractivity contribution in [3.05, 3.63) is 172 Å². The summed E-state index contributed by atoms with van der Waals surface area (Å²) in [5.41, 5.74) is 11.8. The smallest absolute Gasteiger partial charge is 0.194 e. The number of rotatable bonds is 0. The van der Waals surface area contributed by atoms with Crippen molar-refractivity contribution in [3.8, 4) is 22.3 Å². The van der Waals surface area contributed by atoms with E-state index in [2.05, 4.69) is 164 Å². The molecule has 0 bridgehead atoms. The maximum atomic E-state index is 13.2. The minimum atomic E-state index is -0.229. The molecular formula is C46H30Br4O2. The summed E-state index contributed by atoms with van der Waals surface area (Å²) in [5.74, 6) is -0.171. The Labute approximate surface area is 336 Å². The van der Waals surface area contributed by atoms with Gasteiger partial charge < -0.3 is 0 Å². The Hall–Kier alpha value is -3.68. The fraction of sp³-hybridized carbons (Fsp3) is 0.130. The van der Waals surface area contributed by atoms with Crippen molar-refractivity contribution in [2.75, 3.05) is 0 Å². The van der Waals surface area contributed by atoms with Crippen molar-refractivity contribution in [3.63, 3.8) is 0 Å². The van der Waals surface area contributed by atoms with Crippen LogP contribution in [0.3, 0.4) is 0 Å². The van der Waals surface area contributed by atoms with Gasteiger partial charge in [0.25, 0.3) is 0 Å². The molecule has 254 valence electrons. The summed E-state index contributed by atoms with van der Waals surface area (Å²) in [5, 5.41) is 5.17. The van der Waals surface area contributed by atoms with Gasteiger partial charge in [-0.3, -0.25) is 9.59 Å². The van der Waals surface area contributed by atoms with Gasteiger partial charge in [-0.25, -0.2) is 0 Å². The van der Waals surface area contributed by atoms with E-state index in [0.717, 1.165) is 34.6 Å². The Morgan fingerprint density at radius 1 is 0.327 bits per heavy atom. The molecule has 0 spiro atoms. The van der Waals surface area contributed by atoms with E-state index >= 15 is 0 Å². The standard InChI is InChI=1S/C23H14Br2O2.C23H16Br2/c1-23(2)19-8-12(25)3-5-13(19)15-9-17-18(10-20(15)23)21(26)14-6-4-11(24)7-16(14)22(17)27;1-23(2)21-11-16-7-13-3-4-17(24)9-14(13)8-15(16)10-20(21)19-6-5-18(25)12-22(19)23/h3-10H,1-2H3;3-12H,1-2H3. The number of carbonyl (C=O) groups is 2. The van der Waals surface area contributed by atoms with Gasteiger partial charge in [-0.1, -0.05) is 110 Å². The minimum absolute atomic E-state index is 0.0251. The number of carbonyl (C=O) groups excluding carboxylic acids is 2. The summed E-state index contributed by atoms with van der Waals surface area (Å²) in [6.07, 6.45) is 0. The van der Waals surface area contributed by atoms with Gasteiger partial charge in [0, 0.05) is 51.0 Å². The molecule has 2 nitrogen and oxygen atoms in total. The maximum Gasteiger partial charge on any atom is 0.194 e. The first-order chi connectivity index (χ1) is 24.7. The van der Waals surface area contributed by atoms with E-state index < -0.39 is 0 Å². The number of hydrogen-bond acceptors (Lipinski definition) is 2. The lowest BCUT2D eigenvalue weighted by Gasteiger charge is -2.24. The van der Waals surface area contributed by atoms with Crippen molar-refractivity contribution in [2.45, 2.75) is 38.5 Å². The van der Waals surface area contributed by atoms with Crippen molar-refractivity contribution >= 4 is 96.8 Å². The van der Waals surface area contributed by atoms with Crippen molar-refractivity contribution in [1.82, 2.24) is 0 Å². The zero-order valence-corrected chi connectivity index (χ0v) is 35.1. The molecule has 0 saturated carbocycles. The van der Waals surface area contributed by atoms with Crippen LogP contribution in [0.15, 0.2) is 127 Å². The van der Waals surface area contributed by atoms with Crippen LogP contribution < -0.4 is 0 Å². The van der Waals surface area contributed by atoms with Crippen LogP contribution in [-0.2, 0) is 10.8 Å².